The first kappa shape index (κ1) is 28.7. The minimum absolute atomic E-state index is 0.00557. The van der Waals surface area contributed by atoms with E-state index < -0.39 is 0 Å². The van der Waals surface area contributed by atoms with Gasteiger partial charge in [0, 0.05) is 45.4 Å². The molecule has 3 N–H and O–H groups in total. The van der Waals surface area contributed by atoms with Gasteiger partial charge in [-0.05, 0) is 32.4 Å². The molecule has 0 spiro atoms. The second-order valence-electron chi connectivity index (χ2n) is 9.01. The summed E-state index contributed by atoms with van der Waals surface area (Å²) >= 11 is 7.47. The summed E-state index contributed by atoms with van der Waals surface area (Å²) in [6.07, 6.45) is 1.52. The van der Waals surface area contributed by atoms with Crippen LogP contribution >= 0.6 is 22.9 Å². The fourth-order valence-electron chi connectivity index (χ4n) is 4.09. The van der Waals surface area contributed by atoms with Gasteiger partial charge in [-0.25, -0.2) is 15.0 Å². The molecule has 0 aliphatic carbocycles. The summed E-state index contributed by atoms with van der Waals surface area (Å²) in [4.78, 5) is 43.1. The van der Waals surface area contributed by atoms with Crippen molar-refractivity contribution in [2.24, 2.45) is 0 Å². The highest BCUT2D eigenvalue weighted by Gasteiger charge is 2.21. The number of nitrogens with one attached hydrogen (secondary N) is 3. The summed E-state index contributed by atoms with van der Waals surface area (Å²) in [7, 11) is 0. The van der Waals surface area contributed by atoms with Gasteiger partial charge in [-0.1, -0.05) is 35.1 Å². The maximum atomic E-state index is 12.8. The molecule has 1 aliphatic rings. The van der Waals surface area contributed by atoms with E-state index in [9.17, 15) is 9.59 Å². The minimum Gasteiger partial charge on any atom is -0.380 e. The van der Waals surface area contributed by atoms with Crippen LogP contribution in [0.4, 0.5) is 22.5 Å². The molecule has 11 nitrogen and oxygen atoms in total. The number of carbonyl (C=O) groups excluding carboxylic acids is 2. The van der Waals surface area contributed by atoms with Crippen LogP contribution in [-0.4, -0.2) is 84.1 Å². The minimum atomic E-state index is -0.280. The zero-order chi connectivity index (χ0) is 27.8. The molecule has 2 amide bonds. The van der Waals surface area contributed by atoms with Crippen LogP contribution in [0.3, 0.4) is 0 Å². The van der Waals surface area contributed by atoms with E-state index in [1.165, 1.54) is 17.5 Å². The van der Waals surface area contributed by atoms with Gasteiger partial charge in [-0.15, -0.1) is 0 Å². The Balaban J connectivity index is 1.32. The van der Waals surface area contributed by atoms with Crippen molar-refractivity contribution in [2.75, 3.05) is 68.0 Å². The number of thiazole rings is 1. The van der Waals surface area contributed by atoms with Crippen molar-refractivity contribution in [1.29, 1.82) is 0 Å². The predicted octanol–water partition coefficient (Wildman–Crippen LogP) is 3.47. The third-order valence-electron chi connectivity index (χ3n) is 6.09. The first-order chi connectivity index (χ1) is 18.8. The molecular weight excluding hydrogens is 540 g/mol. The van der Waals surface area contributed by atoms with Crippen molar-refractivity contribution in [3.63, 3.8) is 0 Å². The van der Waals surface area contributed by atoms with Gasteiger partial charge < -0.3 is 25.6 Å². The normalized spacial score (nSPS) is 13.8. The summed E-state index contributed by atoms with van der Waals surface area (Å²) in [5.41, 5.74) is 1.47. The Hall–Kier alpha value is -3.32. The lowest BCUT2D eigenvalue weighted by Gasteiger charge is -2.35. The van der Waals surface area contributed by atoms with Crippen LogP contribution in [-0.2, 0) is 9.53 Å². The zero-order valence-electron chi connectivity index (χ0n) is 22.3. The SMILES string of the molecule is CCOCCNC(=O)CN1CCN(c2cc(Nc3ncc(C(=O)Nc4c(C)cccc4Cl)s3)nc(C)n2)CC1. The number of anilines is 4. The number of hydrogen-bond donors (Lipinski definition) is 3. The fourth-order valence-corrected chi connectivity index (χ4v) is 5.08. The third-order valence-corrected chi connectivity index (χ3v) is 7.31. The Bertz CT molecular complexity index is 1280. The fraction of sp³-hybridized carbons (Fsp3) is 0.423. The van der Waals surface area contributed by atoms with Gasteiger partial charge in [-0.3, -0.25) is 14.5 Å². The summed E-state index contributed by atoms with van der Waals surface area (Å²) in [5, 5.41) is 9.98. The highest BCUT2D eigenvalue weighted by Crippen LogP contribution is 2.28. The third kappa shape index (κ3) is 8.09. The molecular formula is C26H33ClN8O3S. The zero-order valence-corrected chi connectivity index (χ0v) is 23.9. The molecule has 0 saturated carbocycles. The average Bonchev–Trinajstić information content (AvgIpc) is 3.37. The predicted molar refractivity (Wildman–Crippen MR) is 154 cm³/mol. The second-order valence-corrected chi connectivity index (χ2v) is 10.4. The Kier molecular flexibility index (Phi) is 10.0. The molecule has 0 radical (unpaired) electrons. The molecule has 1 aliphatic heterocycles. The lowest BCUT2D eigenvalue weighted by atomic mass is 10.2. The van der Waals surface area contributed by atoms with Crippen LogP contribution in [0.25, 0.3) is 0 Å². The standard InChI is InChI=1S/C26H33ClN8O3S/c1-4-38-13-8-28-23(36)16-34-9-11-35(12-10-34)22-14-21(30-18(3)31-22)32-26-29-15-20(39-26)25(37)33-24-17(2)6-5-7-19(24)27/h5-7,14-15H,4,8-13,16H2,1-3H3,(H,28,36)(H,33,37)(H,29,30,31,32). The number of rotatable bonds is 11. The molecule has 3 heterocycles. The molecule has 3 aromatic rings. The Morgan fingerprint density at radius 2 is 1.95 bits per heavy atom. The quantitative estimate of drug-likeness (QED) is 0.296. The van der Waals surface area contributed by atoms with Crippen molar-refractivity contribution in [3.05, 3.63) is 51.7 Å². The number of amides is 2. The number of carbonyl (C=O) groups is 2. The van der Waals surface area contributed by atoms with Gasteiger partial charge in [0.25, 0.3) is 5.91 Å². The molecule has 1 aromatic carbocycles. The summed E-state index contributed by atoms with van der Waals surface area (Å²) in [6, 6.07) is 7.33. The average molecular weight is 573 g/mol. The maximum absolute atomic E-state index is 12.8. The number of piperazine rings is 1. The lowest BCUT2D eigenvalue weighted by Crippen LogP contribution is -2.50. The number of aryl methyl sites for hydroxylation is 2. The first-order valence-corrected chi connectivity index (χ1v) is 14.0. The molecule has 0 atom stereocenters. The van der Waals surface area contributed by atoms with Gasteiger partial charge in [-0.2, -0.15) is 0 Å². The van der Waals surface area contributed by atoms with Crippen LogP contribution in [0.15, 0.2) is 30.5 Å². The lowest BCUT2D eigenvalue weighted by molar-refractivity contribution is -0.122. The van der Waals surface area contributed by atoms with Gasteiger partial charge >= 0.3 is 0 Å². The van der Waals surface area contributed by atoms with Crippen molar-refractivity contribution in [1.82, 2.24) is 25.2 Å². The second kappa shape index (κ2) is 13.7. The van der Waals surface area contributed by atoms with Crippen molar-refractivity contribution in [2.45, 2.75) is 20.8 Å². The number of nitrogens with zero attached hydrogens (tertiary/aromatic N) is 5. The molecule has 39 heavy (non-hydrogen) atoms. The van der Waals surface area contributed by atoms with Crippen LogP contribution in [0, 0.1) is 13.8 Å². The number of ether oxygens (including phenoxy) is 1. The summed E-state index contributed by atoms with van der Waals surface area (Å²) < 4.78 is 5.26. The van der Waals surface area contributed by atoms with E-state index in [0.29, 0.717) is 58.7 Å². The molecule has 13 heteroatoms. The van der Waals surface area contributed by atoms with Gasteiger partial charge in [0.1, 0.15) is 22.3 Å². The van der Waals surface area contributed by atoms with E-state index in [1.54, 1.807) is 6.07 Å². The molecule has 1 fully saturated rings. The Morgan fingerprint density at radius 1 is 1.15 bits per heavy atom. The number of halogens is 1. The molecule has 2 aromatic heterocycles. The molecule has 4 rings (SSSR count). The van der Waals surface area contributed by atoms with Crippen molar-refractivity contribution < 1.29 is 14.3 Å². The molecule has 0 bridgehead atoms. The van der Waals surface area contributed by atoms with E-state index in [4.69, 9.17) is 16.3 Å². The van der Waals surface area contributed by atoms with E-state index in [0.717, 1.165) is 37.6 Å². The number of para-hydroxylation sites is 1. The van der Waals surface area contributed by atoms with Crippen molar-refractivity contribution in [3.8, 4) is 0 Å². The van der Waals surface area contributed by atoms with Crippen LogP contribution < -0.4 is 20.9 Å². The first-order valence-electron chi connectivity index (χ1n) is 12.8. The highest BCUT2D eigenvalue weighted by atomic mass is 35.5. The Morgan fingerprint density at radius 3 is 2.69 bits per heavy atom. The van der Waals surface area contributed by atoms with E-state index in [2.05, 4.69) is 40.7 Å². The smallest absolute Gasteiger partial charge is 0.267 e. The number of aromatic nitrogens is 3. The van der Waals surface area contributed by atoms with Crippen molar-refractivity contribution >= 4 is 57.2 Å². The Labute approximate surface area is 236 Å². The van der Waals surface area contributed by atoms with Gasteiger partial charge in [0.15, 0.2) is 5.13 Å². The molecule has 1 saturated heterocycles. The van der Waals surface area contributed by atoms with E-state index in [1.807, 2.05) is 39.0 Å². The van der Waals surface area contributed by atoms with Crippen LogP contribution in [0.5, 0.6) is 0 Å². The largest absolute Gasteiger partial charge is 0.380 e. The number of hydrogen-bond acceptors (Lipinski definition) is 10. The van der Waals surface area contributed by atoms with E-state index in [-0.39, 0.29) is 11.8 Å². The summed E-state index contributed by atoms with van der Waals surface area (Å²) in [6.45, 7) is 10.7. The van der Waals surface area contributed by atoms with Gasteiger partial charge in [0.05, 0.1) is 30.1 Å². The maximum Gasteiger partial charge on any atom is 0.267 e. The van der Waals surface area contributed by atoms with E-state index >= 15 is 0 Å². The topological polar surface area (TPSA) is 125 Å². The van der Waals surface area contributed by atoms with Crippen LogP contribution in [0.2, 0.25) is 5.02 Å². The molecule has 0 unspecified atom stereocenters. The highest BCUT2D eigenvalue weighted by molar-refractivity contribution is 7.17. The van der Waals surface area contributed by atoms with Crippen LogP contribution in [0.1, 0.15) is 28.0 Å². The number of benzene rings is 1. The molecule has 208 valence electrons. The monoisotopic (exact) mass is 572 g/mol. The summed E-state index contributed by atoms with van der Waals surface area (Å²) in [5.74, 6) is 1.74. The van der Waals surface area contributed by atoms with Gasteiger partial charge in [0.2, 0.25) is 5.91 Å².